The first-order chi connectivity index (χ1) is 11.5. The van der Waals surface area contributed by atoms with Crippen LogP contribution in [-0.2, 0) is 11.3 Å². The molecule has 0 atom stereocenters. The Kier molecular flexibility index (Phi) is 4.61. The fraction of sp³-hybridized carbons (Fsp3) is 0.250. The number of nitrogens with zero attached hydrogens (tertiary/aromatic N) is 4. The van der Waals surface area contributed by atoms with E-state index in [1.807, 2.05) is 18.2 Å². The summed E-state index contributed by atoms with van der Waals surface area (Å²) in [5.41, 5.74) is 0.939. The van der Waals surface area contributed by atoms with Gasteiger partial charge in [0, 0.05) is 25.0 Å². The van der Waals surface area contributed by atoms with Gasteiger partial charge in [0.15, 0.2) is 5.82 Å². The number of amides is 3. The minimum absolute atomic E-state index is 0.0240. The average Bonchev–Trinajstić information content (AvgIpc) is 3.02. The van der Waals surface area contributed by atoms with Gasteiger partial charge in [0.2, 0.25) is 11.8 Å². The Morgan fingerprint density at radius 2 is 2.00 bits per heavy atom. The van der Waals surface area contributed by atoms with Crippen LogP contribution in [0.5, 0.6) is 0 Å². The molecule has 2 aromatic rings. The third-order valence-electron chi connectivity index (χ3n) is 3.59. The topological polar surface area (TPSA) is 79.5 Å². The number of benzene rings is 1. The van der Waals surface area contributed by atoms with Crippen LogP contribution in [0.15, 0.2) is 28.8 Å². The molecular weight excluding hydrogens is 332 g/mol. The van der Waals surface area contributed by atoms with Crippen molar-refractivity contribution >= 4 is 35.7 Å². The Balaban J connectivity index is 1.68. The molecule has 1 fully saturated rings. The van der Waals surface area contributed by atoms with Crippen LogP contribution in [0, 0.1) is 0 Å². The maximum atomic E-state index is 12.0. The Labute approximate surface area is 143 Å². The molecule has 24 heavy (non-hydrogen) atoms. The summed E-state index contributed by atoms with van der Waals surface area (Å²) in [5.74, 6) is 0.336. The van der Waals surface area contributed by atoms with Gasteiger partial charge >= 0.3 is 6.03 Å². The Hall–Kier alpha value is -2.67. The van der Waals surface area contributed by atoms with Gasteiger partial charge in [-0.05, 0) is 23.8 Å². The van der Waals surface area contributed by atoms with Crippen molar-refractivity contribution in [3.63, 3.8) is 0 Å². The Bertz CT molecular complexity index is 785. The van der Waals surface area contributed by atoms with Crippen LogP contribution < -0.4 is 0 Å². The average molecular weight is 347 g/mol. The van der Waals surface area contributed by atoms with Crippen molar-refractivity contribution in [1.82, 2.24) is 19.9 Å². The molecule has 1 aromatic heterocycles. The standard InChI is InChI=1S/C16H15ClN4O3/c1-20-9-8-15(22)21(16(20)23)10-14-18-13(19-24-14)7-4-11-2-5-12(17)6-3-11/h2-7H,8-10H2,1H3/b7-4+. The van der Waals surface area contributed by atoms with Crippen LogP contribution in [0.3, 0.4) is 0 Å². The zero-order chi connectivity index (χ0) is 17.1. The van der Waals surface area contributed by atoms with Crippen molar-refractivity contribution in [1.29, 1.82) is 0 Å². The van der Waals surface area contributed by atoms with E-state index in [4.69, 9.17) is 16.1 Å². The van der Waals surface area contributed by atoms with Crippen molar-refractivity contribution in [3.8, 4) is 0 Å². The van der Waals surface area contributed by atoms with E-state index in [9.17, 15) is 9.59 Å². The number of imide groups is 1. The second kappa shape index (κ2) is 6.84. The highest BCUT2D eigenvalue weighted by molar-refractivity contribution is 6.30. The number of hydrogen-bond acceptors (Lipinski definition) is 5. The number of rotatable bonds is 4. The predicted octanol–water partition coefficient (Wildman–Crippen LogP) is 2.68. The maximum Gasteiger partial charge on any atom is 0.326 e. The largest absolute Gasteiger partial charge is 0.337 e. The van der Waals surface area contributed by atoms with Crippen LogP contribution >= 0.6 is 11.6 Å². The van der Waals surface area contributed by atoms with E-state index >= 15 is 0 Å². The molecular formula is C16H15ClN4O3. The highest BCUT2D eigenvalue weighted by Gasteiger charge is 2.31. The van der Waals surface area contributed by atoms with Gasteiger partial charge < -0.3 is 9.42 Å². The first kappa shape index (κ1) is 16.2. The van der Waals surface area contributed by atoms with Gasteiger partial charge in [-0.15, -0.1) is 0 Å². The van der Waals surface area contributed by atoms with Crippen LogP contribution in [-0.4, -0.2) is 45.5 Å². The molecule has 3 rings (SSSR count). The SMILES string of the molecule is CN1CCC(=O)N(Cc2nc(/C=C/c3ccc(Cl)cc3)no2)C1=O. The van der Waals surface area contributed by atoms with Crippen molar-refractivity contribution < 1.29 is 14.1 Å². The van der Waals surface area contributed by atoms with E-state index in [-0.39, 0.29) is 24.4 Å². The maximum absolute atomic E-state index is 12.0. The molecule has 1 aliphatic heterocycles. The zero-order valence-electron chi connectivity index (χ0n) is 13.0. The summed E-state index contributed by atoms with van der Waals surface area (Å²) in [7, 11) is 1.65. The molecule has 1 aromatic carbocycles. The number of aromatic nitrogens is 2. The lowest BCUT2D eigenvalue weighted by Crippen LogP contribution is -2.50. The quantitative estimate of drug-likeness (QED) is 0.850. The number of carbonyl (C=O) groups is 2. The molecule has 7 nitrogen and oxygen atoms in total. The lowest BCUT2D eigenvalue weighted by atomic mass is 10.2. The zero-order valence-corrected chi connectivity index (χ0v) is 13.7. The molecule has 0 radical (unpaired) electrons. The van der Waals surface area contributed by atoms with Gasteiger partial charge in [-0.1, -0.05) is 35.0 Å². The highest BCUT2D eigenvalue weighted by Crippen LogP contribution is 2.14. The third-order valence-corrected chi connectivity index (χ3v) is 3.84. The van der Waals surface area contributed by atoms with Crippen molar-refractivity contribution in [2.45, 2.75) is 13.0 Å². The van der Waals surface area contributed by atoms with Crippen molar-refractivity contribution in [2.75, 3.05) is 13.6 Å². The lowest BCUT2D eigenvalue weighted by molar-refractivity contribution is -0.131. The van der Waals surface area contributed by atoms with Crippen LogP contribution in [0.1, 0.15) is 23.7 Å². The molecule has 1 aliphatic rings. The van der Waals surface area contributed by atoms with Gasteiger partial charge in [0.1, 0.15) is 6.54 Å². The van der Waals surface area contributed by atoms with Gasteiger partial charge in [-0.3, -0.25) is 9.69 Å². The second-order valence-electron chi connectivity index (χ2n) is 5.37. The Morgan fingerprint density at radius 1 is 1.25 bits per heavy atom. The summed E-state index contributed by atoms with van der Waals surface area (Å²) in [6.07, 6.45) is 3.79. The fourth-order valence-corrected chi connectivity index (χ4v) is 2.37. The molecule has 2 heterocycles. The van der Waals surface area contributed by atoms with Crippen molar-refractivity contribution in [2.24, 2.45) is 0 Å². The first-order valence-corrected chi connectivity index (χ1v) is 7.72. The van der Waals surface area contributed by atoms with Gasteiger partial charge in [0.05, 0.1) is 0 Å². The van der Waals surface area contributed by atoms with E-state index in [0.29, 0.717) is 23.8 Å². The molecule has 0 aliphatic carbocycles. The number of hydrogen-bond donors (Lipinski definition) is 0. The summed E-state index contributed by atoms with van der Waals surface area (Å²) < 4.78 is 5.11. The molecule has 0 spiro atoms. The van der Waals surface area contributed by atoms with Gasteiger partial charge in [0.25, 0.3) is 0 Å². The lowest BCUT2D eigenvalue weighted by Gasteiger charge is -2.30. The van der Waals surface area contributed by atoms with Gasteiger partial charge in [-0.2, -0.15) is 4.98 Å². The summed E-state index contributed by atoms with van der Waals surface area (Å²) >= 11 is 5.83. The van der Waals surface area contributed by atoms with Gasteiger partial charge in [-0.25, -0.2) is 4.79 Å². The van der Waals surface area contributed by atoms with E-state index < -0.39 is 0 Å². The molecule has 0 bridgehead atoms. The fourth-order valence-electron chi connectivity index (χ4n) is 2.24. The van der Waals surface area contributed by atoms with Crippen LogP contribution in [0.4, 0.5) is 4.79 Å². The summed E-state index contributed by atoms with van der Waals surface area (Å²) in [6, 6.07) is 6.93. The van der Waals surface area contributed by atoms with Crippen LogP contribution in [0.25, 0.3) is 12.2 Å². The minimum atomic E-state index is -0.359. The molecule has 3 amide bonds. The normalized spacial score (nSPS) is 15.6. The summed E-state index contributed by atoms with van der Waals surface area (Å²) in [5, 5.41) is 4.48. The number of carbonyl (C=O) groups excluding carboxylic acids is 2. The Morgan fingerprint density at radius 3 is 2.75 bits per heavy atom. The smallest absolute Gasteiger partial charge is 0.326 e. The van der Waals surface area contributed by atoms with Crippen molar-refractivity contribution in [3.05, 3.63) is 46.6 Å². The number of urea groups is 1. The first-order valence-electron chi connectivity index (χ1n) is 7.34. The summed E-state index contributed by atoms with van der Waals surface area (Å²) in [6.45, 7) is 0.400. The minimum Gasteiger partial charge on any atom is -0.337 e. The predicted molar refractivity (Wildman–Crippen MR) is 87.9 cm³/mol. The summed E-state index contributed by atoms with van der Waals surface area (Å²) in [4.78, 5) is 30.6. The highest BCUT2D eigenvalue weighted by atomic mass is 35.5. The molecule has 0 unspecified atom stereocenters. The van der Waals surface area contributed by atoms with E-state index in [1.54, 1.807) is 25.3 Å². The monoisotopic (exact) mass is 346 g/mol. The number of halogens is 1. The molecule has 0 saturated carbocycles. The molecule has 1 saturated heterocycles. The second-order valence-corrected chi connectivity index (χ2v) is 5.80. The van der Waals surface area contributed by atoms with E-state index in [2.05, 4.69) is 10.1 Å². The third kappa shape index (κ3) is 3.62. The van der Waals surface area contributed by atoms with E-state index in [0.717, 1.165) is 10.5 Å². The van der Waals surface area contributed by atoms with Crippen LogP contribution in [0.2, 0.25) is 5.02 Å². The molecule has 8 heteroatoms. The molecule has 0 N–H and O–H groups in total. The molecule has 124 valence electrons. The van der Waals surface area contributed by atoms with E-state index in [1.165, 1.54) is 4.90 Å².